The zero-order chi connectivity index (χ0) is 25.4. The monoisotopic (exact) mass is 476 g/mol. The van der Waals surface area contributed by atoms with Gasteiger partial charge in [-0.05, 0) is 93.2 Å². The van der Waals surface area contributed by atoms with Crippen LogP contribution in [-0.4, -0.2) is 4.98 Å². The first kappa shape index (κ1) is 22.8. The van der Waals surface area contributed by atoms with Gasteiger partial charge in [0.15, 0.2) is 0 Å². The lowest BCUT2D eigenvalue weighted by molar-refractivity contribution is 1.26. The molecule has 5 aromatic carbocycles. The predicted octanol–water partition coefficient (Wildman–Crippen LogP) is 9.06. The maximum atomic E-state index is 6.29. The van der Waals surface area contributed by atoms with Crippen LogP contribution in [0.15, 0.2) is 121 Å². The summed E-state index contributed by atoms with van der Waals surface area (Å²) in [6.07, 6.45) is 5.78. The number of benzene rings is 5. The lowest BCUT2D eigenvalue weighted by Gasteiger charge is -2.17. The number of allylic oxidation sites excluding steroid dienone is 3. The molecule has 6 aromatic rings. The van der Waals surface area contributed by atoms with Crippen LogP contribution in [0.1, 0.15) is 18.2 Å². The zero-order valence-corrected chi connectivity index (χ0v) is 21.1. The minimum Gasteiger partial charge on any atom is -0.397 e. The predicted molar refractivity (Wildman–Crippen MR) is 159 cm³/mol. The van der Waals surface area contributed by atoms with Crippen molar-refractivity contribution < 1.29 is 0 Å². The minimum absolute atomic E-state index is 0.652. The van der Waals surface area contributed by atoms with Gasteiger partial charge in [-0.1, -0.05) is 91.0 Å². The second kappa shape index (κ2) is 9.40. The maximum absolute atomic E-state index is 6.29. The molecule has 2 nitrogen and oxygen atoms in total. The highest BCUT2D eigenvalue weighted by Crippen LogP contribution is 2.41. The molecule has 6 rings (SSSR count). The van der Waals surface area contributed by atoms with Crippen LogP contribution in [-0.2, 0) is 0 Å². The van der Waals surface area contributed by atoms with E-state index in [1.54, 1.807) is 0 Å². The topological polar surface area (TPSA) is 38.9 Å². The van der Waals surface area contributed by atoms with Gasteiger partial charge >= 0.3 is 0 Å². The van der Waals surface area contributed by atoms with Crippen molar-refractivity contribution in [1.82, 2.24) is 4.98 Å². The van der Waals surface area contributed by atoms with Crippen molar-refractivity contribution in [3.8, 4) is 22.4 Å². The number of hydrogen-bond donors (Lipinski definition) is 1. The van der Waals surface area contributed by atoms with E-state index in [0.717, 1.165) is 17.0 Å². The van der Waals surface area contributed by atoms with E-state index in [-0.39, 0.29) is 0 Å². The fourth-order valence-corrected chi connectivity index (χ4v) is 5.25. The molecule has 1 aromatic heterocycles. The molecule has 0 saturated heterocycles. The molecule has 0 aliphatic rings. The van der Waals surface area contributed by atoms with E-state index in [0.29, 0.717) is 5.70 Å². The first-order valence-corrected chi connectivity index (χ1v) is 12.6. The van der Waals surface area contributed by atoms with Crippen molar-refractivity contribution in [1.29, 1.82) is 0 Å². The number of pyridine rings is 1. The number of fused-ring (bicyclic) bond motifs is 3. The number of rotatable bonds is 4. The highest BCUT2D eigenvalue weighted by molar-refractivity contribution is 6.16. The Balaban J connectivity index is 1.62. The molecule has 2 heteroatoms. The van der Waals surface area contributed by atoms with Crippen molar-refractivity contribution >= 4 is 38.0 Å². The van der Waals surface area contributed by atoms with Crippen molar-refractivity contribution in [2.24, 2.45) is 5.73 Å². The average molecular weight is 477 g/mol. The van der Waals surface area contributed by atoms with E-state index in [9.17, 15) is 0 Å². The summed E-state index contributed by atoms with van der Waals surface area (Å²) in [4.78, 5) is 4.90. The lowest BCUT2D eigenvalue weighted by atomic mass is 9.87. The van der Waals surface area contributed by atoms with Crippen LogP contribution < -0.4 is 5.73 Å². The molecule has 0 aliphatic heterocycles. The summed E-state index contributed by atoms with van der Waals surface area (Å²) in [6, 6.07) is 36.8. The standard InChI is InChI=1S/C35H28N2/c1-3-4-14-32(36)34-16-9-15-33(37-34)26-19-20-29-23(2)28-12-7-8-13-30(28)35(31(29)22-26)27-18-17-24-10-5-6-11-25(24)21-27/h3-22H,36H2,1-2H3/b4-3-,32-14-. The van der Waals surface area contributed by atoms with E-state index in [1.807, 2.05) is 37.3 Å². The van der Waals surface area contributed by atoms with Gasteiger partial charge in [-0.15, -0.1) is 0 Å². The average Bonchev–Trinajstić information content (AvgIpc) is 2.96. The number of aromatic nitrogens is 1. The summed E-state index contributed by atoms with van der Waals surface area (Å²) in [7, 11) is 0. The molecule has 0 unspecified atom stereocenters. The van der Waals surface area contributed by atoms with Crippen LogP contribution in [0, 0.1) is 6.92 Å². The second-order valence-corrected chi connectivity index (χ2v) is 9.42. The van der Waals surface area contributed by atoms with Gasteiger partial charge in [0.2, 0.25) is 0 Å². The Morgan fingerprint density at radius 1 is 0.676 bits per heavy atom. The van der Waals surface area contributed by atoms with E-state index >= 15 is 0 Å². The number of nitrogens with zero attached hydrogens (tertiary/aromatic N) is 1. The normalized spacial score (nSPS) is 12.2. The van der Waals surface area contributed by atoms with Crippen LogP contribution in [0.3, 0.4) is 0 Å². The molecular weight excluding hydrogens is 448 g/mol. The molecule has 0 bridgehead atoms. The van der Waals surface area contributed by atoms with Crippen LogP contribution in [0.4, 0.5) is 0 Å². The molecule has 1 heterocycles. The van der Waals surface area contributed by atoms with Gasteiger partial charge in [0.1, 0.15) is 0 Å². The largest absolute Gasteiger partial charge is 0.397 e. The molecule has 178 valence electrons. The van der Waals surface area contributed by atoms with Crippen LogP contribution >= 0.6 is 0 Å². The lowest BCUT2D eigenvalue weighted by Crippen LogP contribution is -1.99. The molecular formula is C35H28N2. The van der Waals surface area contributed by atoms with Gasteiger partial charge < -0.3 is 5.73 Å². The summed E-state index contributed by atoms with van der Waals surface area (Å²) in [5.74, 6) is 0. The van der Waals surface area contributed by atoms with Crippen molar-refractivity contribution in [2.45, 2.75) is 13.8 Å². The Kier molecular flexibility index (Phi) is 5.78. The zero-order valence-electron chi connectivity index (χ0n) is 21.1. The summed E-state index contributed by atoms with van der Waals surface area (Å²) < 4.78 is 0. The molecule has 37 heavy (non-hydrogen) atoms. The smallest absolute Gasteiger partial charge is 0.0866 e. The van der Waals surface area contributed by atoms with Gasteiger partial charge in [0.25, 0.3) is 0 Å². The highest BCUT2D eigenvalue weighted by atomic mass is 14.8. The molecule has 0 fully saturated rings. The van der Waals surface area contributed by atoms with Crippen LogP contribution in [0.25, 0.3) is 60.4 Å². The Morgan fingerprint density at radius 3 is 2.24 bits per heavy atom. The number of nitrogens with two attached hydrogens (primary N) is 1. The molecule has 0 radical (unpaired) electrons. The molecule has 2 N–H and O–H groups in total. The fraction of sp³-hybridized carbons (Fsp3) is 0.0571. The number of aryl methyl sites for hydroxylation is 1. The molecule has 0 amide bonds. The molecule has 0 aliphatic carbocycles. The Hall–Kier alpha value is -4.69. The van der Waals surface area contributed by atoms with E-state index in [1.165, 1.54) is 49.0 Å². The fourth-order valence-electron chi connectivity index (χ4n) is 5.25. The number of hydrogen-bond acceptors (Lipinski definition) is 2. The molecule has 0 saturated carbocycles. The van der Waals surface area contributed by atoms with E-state index < -0.39 is 0 Å². The van der Waals surface area contributed by atoms with Crippen LogP contribution in [0.5, 0.6) is 0 Å². The minimum atomic E-state index is 0.652. The van der Waals surface area contributed by atoms with Gasteiger partial charge in [-0.2, -0.15) is 0 Å². The maximum Gasteiger partial charge on any atom is 0.0866 e. The third-order valence-corrected chi connectivity index (χ3v) is 7.14. The van der Waals surface area contributed by atoms with Crippen molar-refractivity contribution in [2.75, 3.05) is 0 Å². The molecule has 0 spiro atoms. The SMILES string of the molecule is C/C=C\C=C(/N)c1cccc(-c2ccc3c(C)c4ccccc4c(-c4ccc5ccccc5c4)c3c2)n1. The summed E-state index contributed by atoms with van der Waals surface area (Å²) in [5, 5.41) is 7.53. The van der Waals surface area contributed by atoms with E-state index in [4.69, 9.17) is 10.7 Å². The Morgan fingerprint density at radius 2 is 1.41 bits per heavy atom. The van der Waals surface area contributed by atoms with Gasteiger partial charge in [-0.3, -0.25) is 0 Å². The summed E-state index contributed by atoms with van der Waals surface area (Å²) >= 11 is 0. The molecule has 0 atom stereocenters. The van der Waals surface area contributed by atoms with Gasteiger partial charge in [0, 0.05) is 5.56 Å². The van der Waals surface area contributed by atoms with Gasteiger partial charge in [-0.25, -0.2) is 4.98 Å². The third-order valence-electron chi connectivity index (χ3n) is 7.14. The Labute approximate surface area is 217 Å². The van der Waals surface area contributed by atoms with Crippen molar-refractivity contribution in [3.63, 3.8) is 0 Å². The quantitative estimate of drug-likeness (QED) is 0.204. The third kappa shape index (κ3) is 4.07. The summed E-state index contributed by atoms with van der Waals surface area (Å²) in [5.41, 5.74) is 13.5. The van der Waals surface area contributed by atoms with Crippen LogP contribution in [0.2, 0.25) is 0 Å². The summed E-state index contributed by atoms with van der Waals surface area (Å²) in [6.45, 7) is 4.20. The second-order valence-electron chi connectivity index (χ2n) is 9.42. The first-order valence-electron chi connectivity index (χ1n) is 12.6. The van der Waals surface area contributed by atoms with E-state index in [2.05, 4.69) is 97.9 Å². The first-order chi connectivity index (χ1) is 18.1. The Bertz CT molecular complexity index is 1860. The van der Waals surface area contributed by atoms with Gasteiger partial charge in [0.05, 0.1) is 17.1 Å². The highest BCUT2D eigenvalue weighted by Gasteiger charge is 2.15. The van der Waals surface area contributed by atoms with Crippen molar-refractivity contribution in [3.05, 3.63) is 133 Å².